The van der Waals surface area contributed by atoms with Crippen molar-refractivity contribution in [2.45, 2.75) is 25.9 Å². The van der Waals surface area contributed by atoms with Gasteiger partial charge in [-0.1, -0.05) is 17.7 Å². The Hall–Kier alpha value is -4.42. The van der Waals surface area contributed by atoms with Crippen LogP contribution in [0.3, 0.4) is 0 Å². The van der Waals surface area contributed by atoms with Crippen LogP contribution in [0.1, 0.15) is 45.0 Å². The van der Waals surface area contributed by atoms with E-state index in [-0.39, 0.29) is 29.0 Å². The molecular formula is C26H24ClN5O6S. The Bertz CT molecular complexity index is 1620. The van der Waals surface area contributed by atoms with Gasteiger partial charge >= 0.3 is 5.97 Å². The first kappa shape index (κ1) is 27.6. The molecule has 11 nitrogen and oxygen atoms in total. The summed E-state index contributed by atoms with van der Waals surface area (Å²) >= 11 is 7.42. The van der Waals surface area contributed by atoms with Gasteiger partial charge in [-0.15, -0.1) is 11.3 Å². The van der Waals surface area contributed by atoms with Crippen LogP contribution < -0.4 is 21.3 Å². The highest BCUT2D eigenvalue weighted by molar-refractivity contribution is 7.16. The molecule has 1 aromatic carbocycles. The minimum absolute atomic E-state index is 0.164. The maximum absolute atomic E-state index is 13.5. The molecule has 0 radical (unpaired) electrons. The van der Waals surface area contributed by atoms with E-state index in [9.17, 15) is 19.2 Å². The Balaban J connectivity index is 1.78. The van der Waals surface area contributed by atoms with Gasteiger partial charge in [0.2, 0.25) is 5.91 Å². The maximum atomic E-state index is 13.5. The fraction of sp³-hybridized carbons (Fsp3) is 0.192. The van der Waals surface area contributed by atoms with E-state index in [1.54, 1.807) is 25.1 Å². The zero-order valence-electron chi connectivity index (χ0n) is 20.9. The number of hydrogen-bond acceptors (Lipinski definition) is 8. The number of ether oxygens (including phenoxy) is 1. The number of amides is 1. The van der Waals surface area contributed by atoms with Crippen LogP contribution in [-0.2, 0) is 11.3 Å². The van der Waals surface area contributed by atoms with Crippen molar-refractivity contribution in [1.82, 2.24) is 14.3 Å². The number of pyridine rings is 1. The van der Waals surface area contributed by atoms with Gasteiger partial charge in [-0.3, -0.25) is 19.2 Å². The van der Waals surface area contributed by atoms with Crippen molar-refractivity contribution in [2.75, 3.05) is 12.4 Å². The number of nitrogens with two attached hydrogens (primary N) is 1. The molecule has 0 aliphatic rings. The molecule has 1 atom stereocenters. The van der Waals surface area contributed by atoms with Crippen LogP contribution in [0, 0.1) is 0 Å². The molecule has 3 aromatic heterocycles. The second-order valence-corrected chi connectivity index (χ2v) is 10.4. The summed E-state index contributed by atoms with van der Waals surface area (Å²) in [4.78, 5) is 50.1. The van der Waals surface area contributed by atoms with E-state index in [0.29, 0.717) is 22.3 Å². The Morgan fingerprint density at radius 3 is 2.56 bits per heavy atom. The number of aliphatic carboxylic acids is 1. The lowest BCUT2D eigenvalue weighted by Gasteiger charge is -2.15. The second-order valence-electron chi connectivity index (χ2n) is 8.58. The summed E-state index contributed by atoms with van der Waals surface area (Å²) in [6.45, 7) is 1.95. The minimum Gasteiger partial charge on any atom is -0.495 e. The fourth-order valence-corrected chi connectivity index (χ4v) is 4.96. The third-order valence-corrected chi connectivity index (χ3v) is 7.08. The number of nitrogens with zero attached hydrogens (tertiary/aromatic N) is 3. The van der Waals surface area contributed by atoms with Gasteiger partial charge in [-0.2, -0.15) is 9.78 Å². The number of methoxy groups -OCH3 is 1. The summed E-state index contributed by atoms with van der Waals surface area (Å²) in [5.41, 5.74) is 5.82. The van der Waals surface area contributed by atoms with Crippen LogP contribution >= 0.6 is 22.9 Å². The number of halogens is 1. The van der Waals surface area contributed by atoms with Crippen molar-refractivity contribution in [1.29, 1.82) is 0 Å². The van der Waals surface area contributed by atoms with Crippen LogP contribution in [0.4, 0.5) is 5.82 Å². The third-order valence-electron chi connectivity index (χ3n) is 5.85. The highest BCUT2D eigenvalue weighted by Crippen LogP contribution is 2.31. The standard InChI is InChI=1S/C26H24ClN5O6S/c1-14(8-24(34)35)31-13-20(38-2)18(10-23(31)33)19-11-22(29-12-17-6-7-21(27)39-17)32(30-19)26(37)16-5-3-4-15(9-16)25(28)36/h3-7,9-11,13-14,29H,8,12H2,1-2H3,(H2,28,36)(H,34,35). The molecular weight excluding hydrogens is 546 g/mol. The van der Waals surface area contributed by atoms with Crippen molar-refractivity contribution >= 4 is 46.5 Å². The van der Waals surface area contributed by atoms with Crippen LogP contribution in [0.2, 0.25) is 4.34 Å². The number of carboxylic acid groups (broad SMARTS) is 1. The third kappa shape index (κ3) is 6.19. The van der Waals surface area contributed by atoms with E-state index in [0.717, 1.165) is 9.56 Å². The van der Waals surface area contributed by atoms with Gasteiger partial charge in [0.15, 0.2) is 0 Å². The second kappa shape index (κ2) is 11.5. The molecule has 4 aromatic rings. The highest BCUT2D eigenvalue weighted by Gasteiger charge is 2.22. The zero-order valence-corrected chi connectivity index (χ0v) is 22.5. The summed E-state index contributed by atoms with van der Waals surface area (Å²) in [5.74, 6) is -1.69. The number of carboxylic acids is 1. The lowest BCUT2D eigenvalue weighted by atomic mass is 10.1. The molecule has 0 bridgehead atoms. The predicted molar refractivity (Wildman–Crippen MR) is 147 cm³/mol. The molecule has 202 valence electrons. The Morgan fingerprint density at radius 1 is 1.18 bits per heavy atom. The van der Waals surface area contributed by atoms with Crippen molar-refractivity contribution in [3.8, 4) is 17.0 Å². The van der Waals surface area contributed by atoms with E-state index in [2.05, 4.69) is 10.4 Å². The van der Waals surface area contributed by atoms with Gasteiger partial charge in [0.05, 0.1) is 41.9 Å². The first-order valence-electron chi connectivity index (χ1n) is 11.6. The number of primary amides is 1. The van der Waals surface area contributed by atoms with Gasteiger partial charge in [-0.05, 0) is 37.3 Å². The lowest BCUT2D eigenvalue weighted by molar-refractivity contribution is -0.137. The Kier molecular flexibility index (Phi) is 8.17. The molecule has 0 spiro atoms. The van der Waals surface area contributed by atoms with Crippen molar-refractivity contribution in [3.05, 3.63) is 85.4 Å². The SMILES string of the molecule is COc1cn(C(C)CC(=O)O)c(=O)cc1-c1cc(NCc2ccc(Cl)s2)n(C(=O)c2cccc(C(N)=O)c2)n1. The van der Waals surface area contributed by atoms with E-state index in [4.69, 9.17) is 27.2 Å². The molecule has 1 amide bonds. The molecule has 0 fully saturated rings. The van der Waals surface area contributed by atoms with E-state index < -0.39 is 29.4 Å². The summed E-state index contributed by atoms with van der Waals surface area (Å²) in [6.07, 6.45) is 1.17. The van der Waals surface area contributed by atoms with Crippen LogP contribution in [-0.4, -0.2) is 44.3 Å². The maximum Gasteiger partial charge on any atom is 0.305 e. The monoisotopic (exact) mass is 569 g/mol. The molecule has 4 rings (SSSR count). The molecule has 0 saturated heterocycles. The summed E-state index contributed by atoms with van der Waals surface area (Å²) in [6, 6.07) is 11.8. The molecule has 0 aliphatic carbocycles. The number of aromatic nitrogens is 3. The van der Waals surface area contributed by atoms with Gasteiger partial charge < -0.3 is 25.5 Å². The largest absolute Gasteiger partial charge is 0.495 e. The van der Waals surface area contributed by atoms with Crippen LogP contribution in [0.25, 0.3) is 11.3 Å². The van der Waals surface area contributed by atoms with Gasteiger partial charge in [0.1, 0.15) is 11.6 Å². The molecule has 0 aliphatic heterocycles. The van der Waals surface area contributed by atoms with Crippen LogP contribution in [0.5, 0.6) is 5.75 Å². The summed E-state index contributed by atoms with van der Waals surface area (Å²) in [7, 11) is 1.41. The van der Waals surface area contributed by atoms with Gasteiger partial charge in [-0.25, -0.2) is 0 Å². The summed E-state index contributed by atoms with van der Waals surface area (Å²) in [5, 5.41) is 16.8. The molecule has 1 unspecified atom stereocenters. The molecule has 39 heavy (non-hydrogen) atoms. The van der Waals surface area contributed by atoms with Gasteiger partial charge in [0, 0.05) is 34.2 Å². The fourth-order valence-electron chi connectivity index (χ4n) is 3.93. The zero-order chi connectivity index (χ0) is 28.3. The predicted octanol–water partition coefficient (Wildman–Crippen LogP) is 3.87. The quantitative estimate of drug-likeness (QED) is 0.259. The average Bonchev–Trinajstić information content (AvgIpc) is 3.52. The number of carbonyl (C=O) groups excluding carboxylic acids is 2. The lowest BCUT2D eigenvalue weighted by Crippen LogP contribution is -2.24. The number of nitrogens with one attached hydrogen (secondary N) is 1. The topological polar surface area (TPSA) is 159 Å². The van der Waals surface area contributed by atoms with Crippen molar-refractivity contribution < 1.29 is 24.2 Å². The smallest absolute Gasteiger partial charge is 0.305 e. The number of benzene rings is 1. The normalized spacial score (nSPS) is 11.7. The van der Waals surface area contributed by atoms with E-state index >= 15 is 0 Å². The number of carbonyl (C=O) groups is 3. The Morgan fingerprint density at radius 2 is 1.92 bits per heavy atom. The molecule has 4 N–H and O–H groups in total. The molecule has 3 heterocycles. The molecule has 13 heteroatoms. The van der Waals surface area contributed by atoms with E-state index in [1.807, 2.05) is 6.07 Å². The first-order valence-corrected chi connectivity index (χ1v) is 12.8. The minimum atomic E-state index is -1.04. The first-order chi connectivity index (χ1) is 18.6. The average molecular weight is 570 g/mol. The number of anilines is 1. The van der Waals surface area contributed by atoms with Crippen LogP contribution in [0.15, 0.2) is 59.5 Å². The van der Waals surface area contributed by atoms with E-state index in [1.165, 1.54) is 53.5 Å². The molecule has 0 saturated carbocycles. The van der Waals surface area contributed by atoms with Crippen molar-refractivity contribution in [2.24, 2.45) is 5.73 Å². The number of thiophene rings is 1. The number of rotatable bonds is 10. The summed E-state index contributed by atoms with van der Waals surface area (Å²) < 4.78 is 8.51. The number of hydrogen-bond donors (Lipinski definition) is 3. The van der Waals surface area contributed by atoms with Gasteiger partial charge in [0.25, 0.3) is 11.5 Å². The highest BCUT2D eigenvalue weighted by atomic mass is 35.5. The Labute approximate surface area is 231 Å². The van der Waals surface area contributed by atoms with Crippen molar-refractivity contribution in [3.63, 3.8) is 0 Å².